The van der Waals surface area contributed by atoms with Gasteiger partial charge in [0.1, 0.15) is 5.82 Å². The molecule has 1 aromatic heterocycles. The molecule has 2 heterocycles. The summed E-state index contributed by atoms with van der Waals surface area (Å²) >= 11 is 0. The number of nitrogens with two attached hydrogens (primary N) is 1. The first-order valence-corrected chi connectivity index (χ1v) is 12.7. The lowest BCUT2D eigenvalue weighted by molar-refractivity contribution is -0.122. The SMILES string of the molecule is COC(=O)N1c2ccc3c(nc(CCc4ccccc4)n3C3CCC(C(N)=O)CC3)c2CC[C@@H]1C. The van der Waals surface area contributed by atoms with Crippen LogP contribution in [0.25, 0.3) is 11.0 Å². The zero-order valence-electron chi connectivity index (χ0n) is 20.6. The topological polar surface area (TPSA) is 90.4 Å². The molecule has 0 saturated heterocycles. The number of nitrogens with zero attached hydrogens (tertiary/aromatic N) is 3. The number of primary amides is 1. The van der Waals surface area contributed by atoms with Crippen molar-refractivity contribution in [1.82, 2.24) is 9.55 Å². The van der Waals surface area contributed by atoms with Crippen molar-refractivity contribution >= 4 is 28.7 Å². The maximum atomic E-state index is 12.6. The van der Waals surface area contributed by atoms with Gasteiger partial charge in [-0.1, -0.05) is 30.3 Å². The number of hydrogen-bond donors (Lipinski definition) is 1. The average Bonchev–Trinajstić information content (AvgIpc) is 3.26. The Kier molecular flexibility index (Phi) is 6.50. The fraction of sp³-hybridized carbons (Fsp3) is 0.464. The van der Waals surface area contributed by atoms with E-state index in [-0.39, 0.29) is 24.0 Å². The molecule has 2 N–H and O–H groups in total. The molecule has 35 heavy (non-hydrogen) atoms. The van der Waals surface area contributed by atoms with Crippen molar-refractivity contribution in [1.29, 1.82) is 0 Å². The van der Waals surface area contributed by atoms with Gasteiger partial charge in [0.05, 0.1) is 23.8 Å². The molecule has 1 atom stereocenters. The molecular weight excluding hydrogens is 440 g/mol. The van der Waals surface area contributed by atoms with Crippen molar-refractivity contribution in [2.24, 2.45) is 11.7 Å². The molecule has 3 aromatic rings. The van der Waals surface area contributed by atoms with E-state index in [1.54, 1.807) is 4.90 Å². The van der Waals surface area contributed by atoms with E-state index in [1.165, 1.54) is 12.7 Å². The van der Waals surface area contributed by atoms with Crippen LogP contribution in [-0.4, -0.2) is 34.7 Å². The number of carbonyl (C=O) groups is 2. The zero-order valence-corrected chi connectivity index (χ0v) is 20.6. The zero-order chi connectivity index (χ0) is 24.5. The summed E-state index contributed by atoms with van der Waals surface area (Å²) in [6, 6.07) is 15.0. The molecule has 0 spiro atoms. The van der Waals surface area contributed by atoms with E-state index in [2.05, 4.69) is 47.9 Å². The van der Waals surface area contributed by atoms with Gasteiger partial charge in [-0.25, -0.2) is 9.78 Å². The summed E-state index contributed by atoms with van der Waals surface area (Å²) < 4.78 is 7.51. The van der Waals surface area contributed by atoms with Crippen LogP contribution in [0.15, 0.2) is 42.5 Å². The third-order valence-electron chi connectivity index (χ3n) is 7.84. The number of imidazole rings is 1. The minimum Gasteiger partial charge on any atom is -0.452 e. The molecule has 7 heteroatoms. The Hall–Kier alpha value is -3.35. The van der Waals surface area contributed by atoms with Crippen LogP contribution in [0.3, 0.4) is 0 Å². The van der Waals surface area contributed by atoms with Crippen LogP contribution in [0.4, 0.5) is 10.5 Å². The molecule has 2 aromatic carbocycles. The van der Waals surface area contributed by atoms with Crippen molar-refractivity contribution in [2.75, 3.05) is 12.0 Å². The molecule has 0 bridgehead atoms. The van der Waals surface area contributed by atoms with E-state index in [0.717, 1.165) is 79.5 Å². The Balaban J connectivity index is 1.56. The molecule has 1 fully saturated rings. The van der Waals surface area contributed by atoms with E-state index in [9.17, 15) is 9.59 Å². The number of hydrogen-bond acceptors (Lipinski definition) is 4. The molecule has 2 aliphatic rings. The summed E-state index contributed by atoms with van der Waals surface area (Å²) in [5.74, 6) is 0.856. The summed E-state index contributed by atoms with van der Waals surface area (Å²) in [6.07, 6.45) is 6.63. The minimum atomic E-state index is -0.327. The second-order valence-electron chi connectivity index (χ2n) is 9.95. The normalized spacial score (nSPS) is 22.1. The van der Waals surface area contributed by atoms with Gasteiger partial charge in [-0.2, -0.15) is 0 Å². The summed E-state index contributed by atoms with van der Waals surface area (Å²) in [5.41, 5.74) is 11.0. The Morgan fingerprint density at radius 3 is 2.46 bits per heavy atom. The summed E-state index contributed by atoms with van der Waals surface area (Å²) in [6.45, 7) is 2.06. The number of rotatable bonds is 5. The maximum absolute atomic E-state index is 12.6. The smallest absolute Gasteiger partial charge is 0.414 e. The Morgan fingerprint density at radius 1 is 1.03 bits per heavy atom. The first kappa shape index (κ1) is 23.4. The highest BCUT2D eigenvalue weighted by atomic mass is 16.5. The predicted molar refractivity (Wildman–Crippen MR) is 136 cm³/mol. The molecular formula is C28H34N4O3. The summed E-state index contributed by atoms with van der Waals surface area (Å²) in [5, 5.41) is 0. The van der Waals surface area contributed by atoms with Crippen molar-refractivity contribution < 1.29 is 14.3 Å². The molecule has 1 saturated carbocycles. The molecule has 0 radical (unpaired) electrons. The van der Waals surface area contributed by atoms with Gasteiger partial charge in [0.15, 0.2) is 0 Å². The van der Waals surface area contributed by atoms with Crippen LogP contribution >= 0.6 is 0 Å². The van der Waals surface area contributed by atoms with Gasteiger partial charge in [-0.15, -0.1) is 0 Å². The van der Waals surface area contributed by atoms with E-state index in [4.69, 9.17) is 15.5 Å². The summed E-state index contributed by atoms with van der Waals surface area (Å²) in [4.78, 5) is 31.3. The lowest BCUT2D eigenvalue weighted by Gasteiger charge is -2.34. The second kappa shape index (κ2) is 9.72. The highest BCUT2D eigenvalue weighted by Crippen LogP contribution is 2.40. The highest BCUT2D eigenvalue weighted by molar-refractivity contribution is 5.95. The molecule has 1 aliphatic heterocycles. The van der Waals surface area contributed by atoms with Crippen LogP contribution < -0.4 is 10.6 Å². The monoisotopic (exact) mass is 474 g/mol. The second-order valence-corrected chi connectivity index (χ2v) is 9.95. The minimum absolute atomic E-state index is 0.0309. The quantitative estimate of drug-likeness (QED) is 0.567. The lowest BCUT2D eigenvalue weighted by Crippen LogP contribution is -2.42. The van der Waals surface area contributed by atoms with E-state index in [0.29, 0.717) is 6.04 Å². The van der Waals surface area contributed by atoms with Gasteiger partial charge < -0.3 is 15.0 Å². The first-order valence-electron chi connectivity index (χ1n) is 12.7. The number of benzene rings is 2. The van der Waals surface area contributed by atoms with Crippen LogP contribution in [-0.2, 0) is 28.8 Å². The number of fused-ring (bicyclic) bond motifs is 3. The number of carbonyl (C=O) groups excluding carboxylic acids is 2. The van der Waals surface area contributed by atoms with Gasteiger partial charge in [0.25, 0.3) is 0 Å². The average molecular weight is 475 g/mol. The molecule has 1 aliphatic carbocycles. The van der Waals surface area contributed by atoms with E-state index < -0.39 is 0 Å². The molecule has 7 nitrogen and oxygen atoms in total. The Bertz CT molecular complexity index is 1230. The van der Waals surface area contributed by atoms with Crippen LogP contribution in [0.5, 0.6) is 0 Å². The van der Waals surface area contributed by atoms with Gasteiger partial charge in [0, 0.05) is 30.0 Å². The fourth-order valence-electron chi connectivity index (χ4n) is 5.93. The number of methoxy groups -OCH3 is 1. The van der Waals surface area contributed by atoms with Gasteiger partial charge in [0.2, 0.25) is 5.91 Å². The Morgan fingerprint density at radius 2 is 1.77 bits per heavy atom. The molecule has 5 rings (SSSR count). The van der Waals surface area contributed by atoms with Crippen molar-refractivity contribution in [2.45, 2.75) is 70.4 Å². The number of amides is 2. The van der Waals surface area contributed by atoms with Gasteiger partial charge >= 0.3 is 6.09 Å². The van der Waals surface area contributed by atoms with E-state index in [1.807, 2.05) is 6.07 Å². The molecule has 2 amide bonds. The third-order valence-corrected chi connectivity index (χ3v) is 7.84. The standard InChI is InChI=1S/C28H34N4O3/c1-18-8-14-22-23(31(18)28(34)35-2)15-16-24-26(22)30-25(17-9-19-6-4-3-5-7-19)32(24)21-12-10-20(11-13-21)27(29)33/h3-7,15-16,18,20-21H,8-14,17H2,1-2H3,(H2,29,33)/t18-,20?,21?/m0/s1. The largest absolute Gasteiger partial charge is 0.452 e. The third kappa shape index (κ3) is 4.40. The first-order chi connectivity index (χ1) is 17.0. The number of ether oxygens (including phenoxy) is 1. The fourth-order valence-corrected chi connectivity index (χ4v) is 5.93. The Labute approximate surface area is 206 Å². The van der Waals surface area contributed by atoms with Crippen molar-refractivity contribution in [3.05, 3.63) is 59.4 Å². The molecule has 0 unspecified atom stereocenters. The lowest BCUT2D eigenvalue weighted by atomic mass is 9.85. The van der Waals surface area contributed by atoms with Gasteiger partial charge in [-0.05, 0) is 69.6 Å². The highest BCUT2D eigenvalue weighted by Gasteiger charge is 2.33. The number of anilines is 1. The van der Waals surface area contributed by atoms with Crippen LogP contribution in [0, 0.1) is 5.92 Å². The maximum Gasteiger partial charge on any atom is 0.414 e. The van der Waals surface area contributed by atoms with Gasteiger partial charge in [-0.3, -0.25) is 9.69 Å². The summed E-state index contributed by atoms with van der Waals surface area (Å²) in [7, 11) is 1.43. The number of aryl methyl sites for hydroxylation is 3. The van der Waals surface area contributed by atoms with Crippen molar-refractivity contribution in [3.63, 3.8) is 0 Å². The van der Waals surface area contributed by atoms with E-state index >= 15 is 0 Å². The number of aromatic nitrogens is 2. The predicted octanol–water partition coefficient (Wildman–Crippen LogP) is 4.95. The van der Waals surface area contributed by atoms with Crippen LogP contribution in [0.1, 0.15) is 62.0 Å². The van der Waals surface area contributed by atoms with Crippen molar-refractivity contribution in [3.8, 4) is 0 Å². The van der Waals surface area contributed by atoms with Crippen LogP contribution in [0.2, 0.25) is 0 Å². The molecule has 184 valence electrons.